The fourth-order valence-electron chi connectivity index (χ4n) is 3.91. The molecule has 1 atom stereocenters. The van der Waals surface area contributed by atoms with Crippen molar-refractivity contribution in [2.45, 2.75) is 30.8 Å². The third-order valence-electron chi connectivity index (χ3n) is 5.46. The van der Waals surface area contributed by atoms with Gasteiger partial charge in [-0.05, 0) is 36.1 Å². The summed E-state index contributed by atoms with van der Waals surface area (Å²) in [5.74, 6) is -0.352. The van der Waals surface area contributed by atoms with Gasteiger partial charge in [-0.1, -0.05) is 97.4 Å². The lowest BCUT2D eigenvalue weighted by Crippen LogP contribution is -2.45. The number of rotatable bonds is 10. The van der Waals surface area contributed by atoms with Gasteiger partial charge in [-0.2, -0.15) is 0 Å². The first-order valence-electron chi connectivity index (χ1n) is 10.4. The van der Waals surface area contributed by atoms with Crippen LogP contribution < -0.4 is 11.1 Å². The standard InChI is InChI=1S/C26H30N2O2/c1-30-25(29)24(27)19-11-12-20-28-26(21-13-5-2-6-14-21,22-15-7-3-8-16-22)23-17-9-4-10-18-23/h2-10,13-18,24,28H,11-12,19-20,27H2,1H3/t24-/m1/s1. The van der Waals surface area contributed by atoms with Crippen molar-refractivity contribution in [1.29, 1.82) is 0 Å². The zero-order valence-electron chi connectivity index (χ0n) is 17.5. The normalized spacial score (nSPS) is 12.3. The Morgan fingerprint density at radius 2 is 1.27 bits per heavy atom. The molecule has 0 saturated heterocycles. The highest BCUT2D eigenvalue weighted by atomic mass is 16.5. The molecule has 0 aliphatic carbocycles. The summed E-state index contributed by atoms with van der Waals surface area (Å²) in [6, 6.07) is 31.0. The summed E-state index contributed by atoms with van der Waals surface area (Å²) in [5, 5.41) is 3.84. The van der Waals surface area contributed by atoms with Crippen molar-refractivity contribution in [3.63, 3.8) is 0 Å². The van der Waals surface area contributed by atoms with Crippen LogP contribution in [0.3, 0.4) is 0 Å². The maximum absolute atomic E-state index is 11.5. The van der Waals surface area contributed by atoms with Gasteiger partial charge < -0.3 is 10.5 Å². The van der Waals surface area contributed by atoms with Gasteiger partial charge in [0.15, 0.2) is 0 Å². The second-order valence-electron chi connectivity index (χ2n) is 7.40. The third kappa shape index (κ3) is 4.96. The third-order valence-corrected chi connectivity index (χ3v) is 5.46. The number of unbranched alkanes of at least 4 members (excludes halogenated alkanes) is 1. The Morgan fingerprint density at radius 1 is 0.833 bits per heavy atom. The Bertz CT molecular complexity index is 801. The van der Waals surface area contributed by atoms with E-state index in [1.807, 2.05) is 18.2 Å². The summed E-state index contributed by atoms with van der Waals surface area (Å²) in [4.78, 5) is 11.5. The van der Waals surface area contributed by atoms with E-state index in [0.29, 0.717) is 6.42 Å². The second kappa shape index (κ2) is 10.7. The van der Waals surface area contributed by atoms with Crippen molar-refractivity contribution in [1.82, 2.24) is 5.32 Å². The van der Waals surface area contributed by atoms with E-state index in [0.717, 1.165) is 19.4 Å². The summed E-state index contributed by atoms with van der Waals surface area (Å²) in [6.45, 7) is 0.784. The molecule has 3 N–H and O–H groups in total. The summed E-state index contributed by atoms with van der Waals surface area (Å²) < 4.78 is 4.72. The molecule has 0 aromatic heterocycles. The van der Waals surface area contributed by atoms with Gasteiger partial charge >= 0.3 is 5.97 Å². The van der Waals surface area contributed by atoms with Crippen LogP contribution in [0, 0.1) is 0 Å². The molecule has 0 aliphatic heterocycles. The number of nitrogens with one attached hydrogen (secondary N) is 1. The molecule has 3 aromatic rings. The Balaban J connectivity index is 1.87. The van der Waals surface area contributed by atoms with Crippen molar-refractivity contribution >= 4 is 5.97 Å². The molecule has 0 amide bonds. The molecule has 156 valence electrons. The van der Waals surface area contributed by atoms with Gasteiger partial charge in [0.2, 0.25) is 0 Å². The second-order valence-corrected chi connectivity index (χ2v) is 7.40. The van der Waals surface area contributed by atoms with Crippen LogP contribution in [0.5, 0.6) is 0 Å². The van der Waals surface area contributed by atoms with E-state index < -0.39 is 11.6 Å². The highest BCUT2D eigenvalue weighted by molar-refractivity contribution is 5.75. The van der Waals surface area contributed by atoms with E-state index >= 15 is 0 Å². The van der Waals surface area contributed by atoms with Crippen LogP contribution in [-0.4, -0.2) is 25.7 Å². The number of hydrogen-bond acceptors (Lipinski definition) is 4. The lowest BCUT2D eigenvalue weighted by molar-refractivity contribution is -0.142. The highest BCUT2D eigenvalue weighted by Crippen LogP contribution is 2.36. The van der Waals surface area contributed by atoms with Gasteiger partial charge in [0, 0.05) is 0 Å². The van der Waals surface area contributed by atoms with Gasteiger partial charge in [-0.25, -0.2) is 0 Å². The minimum absolute atomic E-state index is 0.352. The lowest BCUT2D eigenvalue weighted by atomic mass is 9.77. The lowest BCUT2D eigenvalue weighted by Gasteiger charge is -2.37. The Labute approximate surface area is 179 Å². The minimum Gasteiger partial charge on any atom is -0.468 e. The first-order valence-corrected chi connectivity index (χ1v) is 10.4. The Morgan fingerprint density at radius 3 is 1.67 bits per heavy atom. The van der Waals surface area contributed by atoms with Gasteiger partial charge in [0.1, 0.15) is 6.04 Å². The van der Waals surface area contributed by atoms with Gasteiger partial charge in [0.05, 0.1) is 12.6 Å². The van der Waals surface area contributed by atoms with Crippen LogP contribution in [0.15, 0.2) is 91.0 Å². The van der Waals surface area contributed by atoms with E-state index in [9.17, 15) is 4.79 Å². The van der Waals surface area contributed by atoms with E-state index in [-0.39, 0.29) is 5.97 Å². The first kappa shape index (κ1) is 21.8. The minimum atomic E-state index is -0.558. The number of carbonyl (C=O) groups is 1. The molecule has 0 radical (unpaired) electrons. The van der Waals surface area contributed by atoms with Gasteiger partial charge in [0.25, 0.3) is 0 Å². The molecule has 0 fully saturated rings. The molecule has 4 heteroatoms. The smallest absolute Gasteiger partial charge is 0.322 e. The fourth-order valence-corrected chi connectivity index (χ4v) is 3.91. The number of esters is 1. The van der Waals surface area contributed by atoms with E-state index in [1.165, 1.54) is 23.8 Å². The summed E-state index contributed by atoms with van der Waals surface area (Å²) in [5.41, 5.74) is 8.98. The Hall–Kier alpha value is -2.95. The number of benzene rings is 3. The van der Waals surface area contributed by atoms with E-state index in [4.69, 9.17) is 10.5 Å². The summed E-state index contributed by atoms with van der Waals surface area (Å²) >= 11 is 0. The molecular weight excluding hydrogens is 372 g/mol. The monoisotopic (exact) mass is 402 g/mol. The molecule has 0 spiro atoms. The topological polar surface area (TPSA) is 64.3 Å². The molecule has 0 aliphatic rings. The highest BCUT2D eigenvalue weighted by Gasteiger charge is 2.35. The molecule has 3 rings (SSSR count). The number of methoxy groups -OCH3 is 1. The molecule has 0 unspecified atom stereocenters. The molecule has 0 saturated carbocycles. The van der Waals surface area contributed by atoms with Crippen LogP contribution in [0.25, 0.3) is 0 Å². The zero-order chi connectivity index (χ0) is 21.2. The van der Waals surface area contributed by atoms with Gasteiger partial charge in [-0.15, -0.1) is 0 Å². The van der Waals surface area contributed by atoms with Crippen molar-refractivity contribution in [2.75, 3.05) is 13.7 Å². The average molecular weight is 403 g/mol. The number of ether oxygens (including phenoxy) is 1. The molecule has 4 nitrogen and oxygen atoms in total. The largest absolute Gasteiger partial charge is 0.468 e. The van der Waals surface area contributed by atoms with Crippen LogP contribution in [-0.2, 0) is 15.1 Å². The number of carbonyl (C=O) groups excluding carboxylic acids is 1. The molecule has 0 bridgehead atoms. The van der Waals surface area contributed by atoms with E-state index in [2.05, 4.69) is 78.1 Å². The van der Waals surface area contributed by atoms with Crippen molar-refractivity contribution in [3.05, 3.63) is 108 Å². The Kier molecular flexibility index (Phi) is 7.77. The maximum atomic E-state index is 11.5. The molecule has 0 heterocycles. The predicted octanol–water partition coefficient (Wildman–Crippen LogP) is 4.24. The molecule has 30 heavy (non-hydrogen) atoms. The summed E-state index contributed by atoms with van der Waals surface area (Å²) in [6.07, 6.45) is 2.36. The number of nitrogens with two attached hydrogens (primary N) is 1. The summed E-state index contributed by atoms with van der Waals surface area (Å²) in [7, 11) is 1.37. The quantitative estimate of drug-likeness (QED) is 0.302. The predicted molar refractivity (Wildman–Crippen MR) is 121 cm³/mol. The van der Waals surface area contributed by atoms with E-state index in [1.54, 1.807) is 0 Å². The number of hydrogen-bond donors (Lipinski definition) is 2. The van der Waals surface area contributed by atoms with Crippen molar-refractivity contribution in [2.24, 2.45) is 5.73 Å². The van der Waals surface area contributed by atoms with Crippen LogP contribution >= 0.6 is 0 Å². The first-order chi connectivity index (χ1) is 14.7. The van der Waals surface area contributed by atoms with Gasteiger partial charge in [-0.3, -0.25) is 10.1 Å². The zero-order valence-corrected chi connectivity index (χ0v) is 17.5. The molecule has 3 aromatic carbocycles. The molecular formula is C26H30N2O2. The van der Waals surface area contributed by atoms with Crippen molar-refractivity contribution in [3.8, 4) is 0 Å². The van der Waals surface area contributed by atoms with Crippen molar-refractivity contribution < 1.29 is 9.53 Å². The van der Waals surface area contributed by atoms with Crippen LogP contribution in [0.2, 0.25) is 0 Å². The SMILES string of the molecule is COC(=O)[C@H](N)CCCCNC(c1ccccc1)(c1ccccc1)c1ccccc1. The maximum Gasteiger partial charge on any atom is 0.322 e. The van der Waals surface area contributed by atoms with Crippen LogP contribution in [0.1, 0.15) is 36.0 Å². The fraction of sp³-hybridized carbons (Fsp3) is 0.269. The average Bonchev–Trinajstić information content (AvgIpc) is 2.82. The van der Waals surface area contributed by atoms with Crippen LogP contribution in [0.4, 0.5) is 0 Å².